The van der Waals surface area contributed by atoms with E-state index in [9.17, 15) is 13.2 Å². The van der Waals surface area contributed by atoms with Crippen LogP contribution < -0.4 is 4.90 Å². The van der Waals surface area contributed by atoms with Crippen molar-refractivity contribution in [2.24, 2.45) is 0 Å². The zero-order valence-electron chi connectivity index (χ0n) is 11.3. The lowest BCUT2D eigenvalue weighted by atomic mass is 10.1. The van der Waals surface area contributed by atoms with Gasteiger partial charge in [0.05, 0.1) is 17.2 Å². The molecule has 0 aromatic heterocycles. The summed E-state index contributed by atoms with van der Waals surface area (Å²) < 4.78 is 38.1. The highest BCUT2D eigenvalue weighted by atomic mass is 19.4. The molecule has 0 fully saturated rings. The zero-order valence-corrected chi connectivity index (χ0v) is 11.3. The molecule has 2 nitrogen and oxygen atoms in total. The second-order valence-corrected chi connectivity index (χ2v) is 4.63. The third kappa shape index (κ3) is 3.63. The van der Waals surface area contributed by atoms with Crippen molar-refractivity contribution in [2.45, 2.75) is 39.4 Å². The van der Waals surface area contributed by atoms with Crippen molar-refractivity contribution in [1.82, 2.24) is 0 Å². The SMILES string of the molecule is CCCN(c1ccc(C(F)(F)F)c(C#N)c1)C(C)C. The standard InChI is InChI=1S/C14H17F3N2/c1-4-7-19(10(2)3)12-5-6-13(14(15,16)17)11(8-12)9-18/h5-6,8,10H,4,7H2,1-3H3. The molecule has 1 aromatic rings. The highest BCUT2D eigenvalue weighted by Gasteiger charge is 2.33. The van der Waals surface area contributed by atoms with Gasteiger partial charge in [0.2, 0.25) is 0 Å². The van der Waals surface area contributed by atoms with Crippen molar-refractivity contribution in [3.63, 3.8) is 0 Å². The molecule has 0 N–H and O–H groups in total. The number of halogens is 3. The quantitative estimate of drug-likeness (QED) is 0.819. The lowest BCUT2D eigenvalue weighted by Gasteiger charge is -2.29. The van der Waals surface area contributed by atoms with Crippen LogP contribution in [0.5, 0.6) is 0 Å². The van der Waals surface area contributed by atoms with Gasteiger partial charge in [-0.15, -0.1) is 0 Å². The molecule has 1 aromatic carbocycles. The molecular formula is C14H17F3N2. The molecule has 1 rings (SSSR count). The van der Waals surface area contributed by atoms with Gasteiger partial charge in [0.25, 0.3) is 0 Å². The number of nitriles is 1. The van der Waals surface area contributed by atoms with Gasteiger partial charge in [0.15, 0.2) is 0 Å². The first-order chi connectivity index (χ1) is 8.81. The molecule has 0 radical (unpaired) electrons. The first kappa shape index (κ1) is 15.4. The Hall–Kier alpha value is -1.70. The van der Waals surface area contributed by atoms with Crippen LogP contribution in [0.2, 0.25) is 0 Å². The summed E-state index contributed by atoms with van der Waals surface area (Å²) >= 11 is 0. The minimum atomic E-state index is -4.49. The minimum absolute atomic E-state index is 0.170. The third-order valence-electron chi connectivity index (χ3n) is 2.85. The van der Waals surface area contributed by atoms with E-state index < -0.39 is 11.7 Å². The molecule has 0 aliphatic heterocycles. The van der Waals surface area contributed by atoms with Crippen LogP contribution in [0, 0.1) is 11.3 Å². The van der Waals surface area contributed by atoms with Crippen LogP contribution in [0.4, 0.5) is 18.9 Å². The monoisotopic (exact) mass is 270 g/mol. The molecule has 104 valence electrons. The predicted molar refractivity (Wildman–Crippen MR) is 68.9 cm³/mol. The number of hydrogen-bond donors (Lipinski definition) is 0. The molecule has 0 saturated carbocycles. The molecule has 0 unspecified atom stereocenters. The normalized spacial score (nSPS) is 11.5. The Bertz CT molecular complexity index is 473. The van der Waals surface area contributed by atoms with Gasteiger partial charge >= 0.3 is 6.18 Å². The Kier molecular flexibility index (Phi) is 4.82. The molecule has 0 saturated heterocycles. The smallest absolute Gasteiger partial charge is 0.369 e. The topological polar surface area (TPSA) is 27.0 Å². The summed E-state index contributed by atoms with van der Waals surface area (Å²) in [5.41, 5.74) is -0.549. The number of rotatable bonds is 4. The van der Waals surface area contributed by atoms with E-state index in [-0.39, 0.29) is 11.6 Å². The first-order valence-electron chi connectivity index (χ1n) is 6.19. The fourth-order valence-corrected chi connectivity index (χ4v) is 1.98. The van der Waals surface area contributed by atoms with Crippen molar-refractivity contribution in [3.05, 3.63) is 29.3 Å². The number of hydrogen-bond acceptors (Lipinski definition) is 2. The van der Waals surface area contributed by atoms with Crippen LogP contribution in [0.15, 0.2) is 18.2 Å². The third-order valence-corrected chi connectivity index (χ3v) is 2.85. The van der Waals surface area contributed by atoms with Crippen molar-refractivity contribution >= 4 is 5.69 Å². The molecule has 0 heterocycles. The van der Waals surface area contributed by atoms with Crippen LogP contribution in [0.1, 0.15) is 38.3 Å². The van der Waals surface area contributed by atoms with Crippen LogP contribution in [-0.2, 0) is 6.18 Å². The first-order valence-corrected chi connectivity index (χ1v) is 6.19. The highest BCUT2D eigenvalue weighted by Crippen LogP contribution is 2.34. The summed E-state index contributed by atoms with van der Waals surface area (Å²) in [7, 11) is 0. The van der Waals surface area contributed by atoms with E-state index in [2.05, 4.69) is 0 Å². The molecule has 0 bridgehead atoms. The van der Waals surface area contributed by atoms with Crippen LogP contribution in [0.25, 0.3) is 0 Å². The van der Waals surface area contributed by atoms with E-state index in [4.69, 9.17) is 5.26 Å². The molecule has 0 aliphatic rings. The van der Waals surface area contributed by atoms with Crippen LogP contribution in [-0.4, -0.2) is 12.6 Å². The van der Waals surface area contributed by atoms with E-state index >= 15 is 0 Å². The Morgan fingerprint density at radius 3 is 2.37 bits per heavy atom. The van der Waals surface area contributed by atoms with Crippen LogP contribution in [0.3, 0.4) is 0 Å². The fraction of sp³-hybridized carbons (Fsp3) is 0.500. The van der Waals surface area contributed by atoms with Gasteiger partial charge in [0.1, 0.15) is 0 Å². The predicted octanol–water partition coefficient (Wildman–Crippen LogP) is 4.20. The molecule has 0 amide bonds. The minimum Gasteiger partial charge on any atom is -0.369 e. The summed E-state index contributed by atoms with van der Waals surface area (Å²) in [5, 5.41) is 8.89. The van der Waals surface area contributed by atoms with Crippen molar-refractivity contribution in [2.75, 3.05) is 11.4 Å². The second kappa shape index (κ2) is 5.96. The molecule has 0 atom stereocenters. The van der Waals surface area contributed by atoms with E-state index in [0.29, 0.717) is 5.69 Å². The van der Waals surface area contributed by atoms with Gasteiger partial charge in [-0.2, -0.15) is 18.4 Å². The van der Waals surface area contributed by atoms with E-state index in [1.807, 2.05) is 25.7 Å². The van der Waals surface area contributed by atoms with E-state index in [1.54, 1.807) is 6.07 Å². The Morgan fingerprint density at radius 1 is 1.32 bits per heavy atom. The lowest BCUT2D eigenvalue weighted by molar-refractivity contribution is -0.137. The zero-order chi connectivity index (χ0) is 14.6. The van der Waals surface area contributed by atoms with Crippen molar-refractivity contribution < 1.29 is 13.2 Å². The van der Waals surface area contributed by atoms with Gasteiger partial charge in [-0.1, -0.05) is 6.92 Å². The van der Waals surface area contributed by atoms with Crippen molar-refractivity contribution in [1.29, 1.82) is 5.26 Å². The number of anilines is 1. The molecule has 0 spiro atoms. The number of benzene rings is 1. The Labute approximate surface area is 111 Å². The number of nitrogens with zero attached hydrogens (tertiary/aromatic N) is 2. The lowest BCUT2D eigenvalue weighted by Crippen LogP contribution is -2.31. The summed E-state index contributed by atoms with van der Waals surface area (Å²) in [6, 6.07) is 5.53. The fourth-order valence-electron chi connectivity index (χ4n) is 1.98. The molecule has 0 aliphatic carbocycles. The Balaban J connectivity index is 3.23. The van der Waals surface area contributed by atoms with Crippen molar-refractivity contribution in [3.8, 4) is 6.07 Å². The summed E-state index contributed by atoms with van der Waals surface area (Å²) in [6.07, 6.45) is -3.60. The van der Waals surface area contributed by atoms with E-state index in [0.717, 1.165) is 19.0 Å². The average molecular weight is 270 g/mol. The molecular weight excluding hydrogens is 253 g/mol. The summed E-state index contributed by atoms with van der Waals surface area (Å²) in [6.45, 7) is 6.69. The van der Waals surface area contributed by atoms with E-state index in [1.165, 1.54) is 12.1 Å². The largest absolute Gasteiger partial charge is 0.417 e. The summed E-state index contributed by atoms with van der Waals surface area (Å²) in [5.74, 6) is 0. The molecule has 5 heteroatoms. The van der Waals surface area contributed by atoms with Crippen LogP contribution >= 0.6 is 0 Å². The number of alkyl halides is 3. The second-order valence-electron chi connectivity index (χ2n) is 4.63. The highest BCUT2D eigenvalue weighted by molar-refractivity contribution is 5.55. The van der Waals surface area contributed by atoms with Gasteiger partial charge in [-0.05, 0) is 38.5 Å². The Morgan fingerprint density at radius 2 is 1.95 bits per heavy atom. The van der Waals surface area contributed by atoms with Gasteiger partial charge in [-0.25, -0.2) is 0 Å². The summed E-state index contributed by atoms with van der Waals surface area (Å²) in [4.78, 5) is 1.99. The average Bonchev–Trinajstić information content (AvgIpc) is 2.33. The molecule has 19 heavy (non-hydrogen) atoms. The maximum absolute atomic E-state index is 12.7. The maximum atomic E-state index is 12.7. The maximum Gasteiger partial charge on any atom is 0.417 e. The van der Waals surface area contributed by atoms with Gasteiger partial charge < -0.3 is 4.90 Å². The van der Waals surface area contributed by atoms with Gasteiger partial charge in [0, 0.05) is 18.3 Å². The van der Waals surface area contributed by atoms with Gasteiger partial charge in [-0.3, -0.25) is 0 Å².